The molecule has 1 aliphatic heterocycles. The lowest BCUT2D eigenvalue weighted by Gasteiger charge is -2.32. The lowest BCUT2D eigenvalue weighted by atomic mass is 10.1. The van der Waals surface area contributed by atoms with Crippen LogP contribution in [-0.2, 0) is 4.79 Å². The lowest BCUT2D eigenvalue weighted by Crippen LogP contribution is -2.45. The molecule has 0 atom stereocenters. The van der Waals surface area contributed by atoms with E-state index in [1.807, 2.05) is 49.4 Å². The van der Waals surface area contributed by atoms with Crippen LogP contribution in [0.1, 0.15) is 5.69 Å². The van der Waals surface area contributed by atoms with Gasteiger partial charge in [0.15, 0.2) is 6.61 Å². The molecular weight excluding hydrogens is 446 g/mol. The van der Waals surface area contributed by atoms with Gasteiger partial charge >= 0.3 is 0 Å². The van der Waals surface area contributed by atoms with Crippen LogP contribution in [0.15, 0.2) is 46.9 Å². The molecule has 0 unspecified atom stereocenters. The SMILES string of the molecule is Cc1nc(N2CCN(C)CC2)nc2ccc(NC(=O)COc3ccc(Br)cc3)cc12. The summed E-state index contributed by atoms with van der Waals surface area (Å²) < 4.78 is 6.49. The average Bonchev–Trinajstić information content (AvgIpc) is 2.74. The smallest absolute Gasteiger partial charge is 0.262 e. The highest BCUT2D eigenvalue weighted by atomic mass is 79.9. The molecule has 0 saturated carbocycles. The largest absolute Gasteiger partial charge is 0.484 e. The van der Waals surface area contributed by atoms with E-state index < -0.39 is 0 Å². The van der Waals surface area contributed by atoms with Crippen LogP contribution in [0, 0.1) is 6.92 Å². The number of nitrogens with zero attached hydrogens (tertiary/aromatic N) is 4. The van der Waals surface area contributed by atoms with Crippen LogP contribution >= 0.6 is 15.9 Å². The number of nitrogens with one attached hydrogen (secondary N) is 1. The number of aryl methyl sites for hydroxylation is 1. The number of halogens is 1. The highest BCUT2D eigenvalue weighted by molar-refractivity contribution is 9.10. The molecule has 1 saturated heterocycles. The van der Waals surface area contributed by atoms with Gasteiger partial charge in [-0.2, -0.15) is 0 Å². The molecule has 0 bridgehead atoms. The van der Waals surface area contributed by atoms with Gasteiger partial charge in [0.05, 0.1) is 11.2 Å². The Kier molecular flexibility index (Phi) is 6.15. The second-order valence-corrected chi connectivity index (χ2v) is 8.34. The van der Waals surface area contributed by atoms with E-state index in [0.29, 0.717) is 11.4 Å². The van der Waals surface area contributed by atoms with E-state index in [-0.39, 0.29) is 12.5 Å². The van der Waals surface area contributed by atoms with E-state index in [0.717, 1.165) is 53.2 Å². The summed E-state index contributed by atoms with van der Waals surface area (Å²) in [6.07, 6.45) is 0. The first-order valence-corrected chi connectivity index (χ1v) is 10.7. The van der Waals surface area contributed by atoms with Gasteiger partial charge < -0.3 is 19.9 Å². The molecule has 2 heterocycles. The van der Waals surface area contributed by atoms with Gasteiger partial charge in [0.25, 0.3) is 5.91 Å². The number of amides is 1. The molecule has 4 rings (SSSR count). The monoisotopic (exact) mass is 469 g/mol. The molecule has 0 radical (unpaired) electrons. The lowest BCUT2D eigenvalue weighted by molar-refractivity contribution is -0.118. The molecule has 1 aromatic heterocycles. The van der Waals surface area contributed by atoms with Crippen molar-refractivity contribution in [1.82, 2.24) is 14.9 Å². The number of ether oxygens (including phenoxy) is 1. The average molecular weight is 470 g/mol. The molecule has 1 fully saturated rings. The Balaban J connectivity index is 1.43. The predicted octanol–water partition coefficient (Wildman–Crippen LogP) is 3.47. The summed E-state index contributed by atoms with van der Waals surface area (Å²) in [4.78, 5) is 26.3. The number of hydrogen-bond acceptors (Lipinski definition) is 6. The van der Waals surface area contributed by atoms with Crippen LogP contribution < -0.4 is 15.0 Å². The summed E-state index contributed by atoms with van der Waals surface area (Å²) in [5.41, 5.74) is 2.47. The fraction of sp³-hybridized carbons (Fsp3) is 0.318. The summed E-state index contributed by atoms with van der Waals surface area (Å²) in [6, 6.07) is 13.1. The number of benzene rings is 2. The van der Waals surface area contributed by atoms with Gasteiger partial charge in [0.2, 0.25) is 5.95 Å². The maximum atomic E-state index is 12.3. The Hall–Kier alpha value is -2.71. The second kappa shape index (κ2) is 8.97. The van der Waals surface area contributed by atoms with E-state index in [1.165, 1.54) is 0 Å². The van der Waals surface area contributed by atoms with Crippen LogP contribution in [-0.4, -0.2) is 60.6 Å². The number of rotatable bonds is 5. The fourth-order valence-electron chi connectivity index (χ4n) is 3.37. The third-order valence-corrected chi connectivity index (χ3v) is 5.66. The van der Waals surface area contributed by atoms with E-state index in [4.69, 9.17) is 14.7 Å². The third kappa shape index (κ3) is 4.88. The zero-order valence-corrected chi connectivity index (χ0v) is 18.6. The molecule has 1 N–H and O–H groups in total. The van der Waals surface area contributed by atoms with Crippen molar-refractivity contribution < 1.29 is 9.53 Å². The van der Waals surface area contributed by atoms with Crippen molar-refractivity contribution >= 4 is 44.4 Å². The van der Waals surface area contributed by atoms with Crippen molar-refractivity contribution in [2.45, 2.75) is 6.92 Å². The topological polar surface area (TPSA) is 70.6 Å². The van der Waals surface area contributed by atoms with Crippen molar-refractivity contribution in [3.8, 4) is 5.75 Å². The van der Waals surface area contributed by atoms with Crippen LogP contribution in [0.3, 0.4) is 0 Å². The van der Waals surface area contributed by atoms with Crippen LogP contribution in [0.5, 0.6) is 5.75 Å². The summed E-state index contributed by atoms with van der Waals surface area (Å²) >= 11 is 3.37. The summed E-state index contributed by atoms with van der Waals surface area (Å²) in [5, 5.41) is 3.81. The standard InChI is InChI=1S/C22H24BrN5O2/c1-15-19-13-17(25-21(29)14-30-18-6-3-16(23)4-7-18)5-8-20(19)26-22(24-15)28-11-9-27(2)10-12-28/h3-8,13H,9-12,14H2,1-2H3,(H,25,29). The van der Waals surface area contributed by atoms with Crippen molar-refractivity contribution in [1.29, 1.82) is 0 Å². The van der Waals surface area contributed by atoms with Crippen molar-refractivity contribution in [3.05, 3.63) is 52.6 Å². The zero-order chi connectivity index (χ0) is 21.1. The molecule has 156 valence electrons. The number of hydrogen-bond donors (Lipinski definition) is 1. The molecule has 0 aliphatic carbocycles. The van der Waals surface area contributed by atoms with Crippen molar-refractivity contribution in [2.75, 3.05) is 50.1 Å². The third-order valence-electron chi connectivity index (χ3n) is 5.13. The number of carbonyl (C=O) groups is 1. The molecule has 30 heavy (non-hydrogen) atoms. The Morgan fingerprint density at radius 1 is 1.10 bits per heavy atom. The Morgan fingerprint density at radius 2 is 1.83 bits per heavy atom. The first-order valence-electron chi connectivity index (χ1n) is 9.88. The summed E-state index contributed by atoms with van der Waals surface area (Å²) in [7, 11) is 2.13. The number of likely N-dealkylation sites (N-methyl/N-ethyl adjacent to an activating group) is 1. The van der Waals surface area contributed by atoms with Gasteiger partial charge in [-0.05, 0) is 56.4 Å². The van der Waals surface area contributed by atoms with Crippen molar-refractivity contribution in [3.63, 3.8) is 0 Å². The maximum absolute atomic E-state index is 12.3. The molecule has 7 nitrogen and oxygen atoms in total. The molecular formula is C22H24BrN5O2. The molecule has 1 aliphatic rings. The quantitative estimate of drug-likeness (QED) is 0.616. The minimum atomic E-state index is -0.218. The molecule has 2 aromatic carbocycles. The van der Waals surface area contributed by atoms with Gasteiger partial charge in [0, 0.05) is 41.7 Å². The molecule has 1 amide bonds. The van der Waals surface area contributed by atoms with Gasteiger partial charge in [-0.25, -0.2) is 9.97 Å². The number of aromatic nitrogens is 2. The minimum Gasteiger partial charge on any atom is -0.484 e. The first kappa shape index (κ1) is 20.6. The number of piperazine rings is 1. The van der Waals surface area contributed by atoms with Gasteiger partial charge in [0.1, 0.15) is 5.75 Å². The van der Waals surface area contributed by atoms with Gasteiger partial charge in [-0.3, -0.25) is 4.79 Å². The van der Waals surface area contributed by atoms with E-state index in [9.17, 15) is 4.79 Å². The van der Waals surface area contributed by atoms with Gasteiger partial charge in [-0.1, -0.05) is 15.9 Å². The molecule has 8 heteroatoms. The highest BCUT2D eigenvalue weighted by Crippen LogP contribution is 2.23. The normalized spacial score (nSPS) is 14.7. The van der Waals surface area contributed by atoms with Crippen LogP contribution in [0.25, 0.3) is 10.9 Å². The summed E-state index contributed by atoms with van der Waals surface area (Å²) in [5.74, 6) is 1.20. The highest BCUT2D eigenvalue weighted by Gasteiger charge is 2.18. The summed E-state index contributed by atoms with van der Waals surface area (Å²) in [6.45, 7) is 5.78. The Bertz CT molecular complexity index is 1050. The fourth-order valence-corrected chi connectivity index (χ4v) is 3.63. The number of carbonyl (C=O) groups excluding carboxylic acids is 1. The van der Waals surface area contributed by atoms with E-state index in [2.05, 4.69) is 38.1 Å². The minimum absolute atomic E-state index is 0.0580. The Morgan fingerprint density at radius 3 is 2.57 bits per heavy atom. The van der Waals surface area contributed by atoms with Crippen LogP contribution in [0.4, 0.5) is 11.6 Å². The number of anilines is 2. The van der Waals surface area contributed by atoms with Crippen molar-refractivity contribution in [2.24, 2.45) is 0 Å². The molecule has 0 spiro atoms. The maximum Gasteiger partial charge on any atom is 0.262 e. The van der Waals surface area contributed by atoms with E-state index in [1.54, 1.807) is 0 Å². The second-order valence-electron chi connectivity index (χ2n) is 7.42. The predicted molar refractivity (Wildman–Crippen MR) is 122 cm³/mol. The first-order chi connectivity index (χ1) is 14.5. The zero-order valence-electron chi connectivity index (χ0n) is 17.1. The van der Waals surface area contributed by atoms with Crippen LogP contribution in [0.2, 0.25) is 0 Å². The molecule has 3 aromatic rings. The van der Waals surface area contributed by atoms with E-state index >= 15 is 0 Å². The van der Waals surface area contributed by atoms with Gasteiger partial charge in [-0.15, -0.1) is 0 Å². The number of fused-ring (bicyclic) bond motifs is 1. The Labute approximate surface area is 184 Å².